The Hall–Kier alpha value is -2.85. The maximum absolute atomic E-state index is 12.9. The van der Waals surface area contributed by atoms with Crippen molar-refractivity contribution in [2.75, 3.05) is 11.9 Å². The number of carbonyl (C=O) groups is 1. The zero-order chi connectivity index (χ0) is 17.1. The van der Waals surface area contributed by atoms with E-state index in [9.17, 15) is 4.79 Å². The van der Waals surface area contributed by atoms with E-state index in [1.807, 2.05) is 61.5 Å². The van der Waals surface area contributed by atoms with Crippen molar-refractivity contribution in [1.82, 2.24) is 0 Å². The van der Waals surface area contributed by atoms with Crippen molar-refractivity contribution in [3.63, 3.8) is 0 Å². The molecule has 3 aromatic rings. The molecule has 2 N–H and O–H groups in total. The van der Waals surface area contributed by atoms with Crippen LogP contribution in [0.25, 0.3) is 11.3 Å². The highest BCUT2D eigenvalue weighted by atomic mass is 16.3. The lowest BCUT2D eigenvalue weighted by molar-refractivity contribution is 0.0993. The number of furan rings is 1. The SMILES string of the molecule is Cc1cc(C(=O)N(C)c2ccccc2-c2ccco2)ccc1CN. The molecule has 1 heterocycles. The van der Waals surface area contributed by atoms with Crippen LogP contribution in [0.3, 0.4) is 0 Å². The summed E-state index contributed by atoms with van der Waals surface area (Å²) in [6.07, 6.45) is 1.63. The summed E-state index contributed by atoms with van der Waals surface area (Å²) in [6.45, 7) is 2.44. The first-order valence-electron chi connectivity index (χ1n) is 7.82. The van der Waals surface area contributed by atoms with Crippen molar-refractivity contribution in [2.24, 2.45) is 5.73 Å². The monoisotopic (exact) mass is 320 g/mol. The average molecular weight is 320 g/mol. The first kappa shape index (κ1) is 16.0. The van der Waals surface area contributed by atoms with E-state index >= 15 is 0 Å². The molecule has 24 heavy (non-hydrogen) atoms. The van der Waals surface area contributed by atoms with E-state index in [0.717, 1.165) is 28.1 Å². The van der Waals surface area contributed by atoms with E-state index in [4.69, 9.17) is 10.2 Å². The first-order valence-corrected chi connectivity index (χ1v) is 7.82. The van der Waals surface area contributed by atoms with Crippen LogP contribution in [0.4, 0.5) is 5.69 Å². The molecule has 4 nitrogen and oxygen atoms in total. The van der Waals surface area contributed by atoms with Gasteiger partial charge in [0.05, 0.1) is 12.0 Å². The molecular formula is C20H20N2O2. The van der Waals surface area contributed by atoms with Gasteiger partial charge in [-0.25, -0.2) is 0 Å². The van der Waals surface area contributed by atoms with Gasteiger partial charge in [-0.1, -0.05) is 18.2 Å². The molecule has 0 atom stereocenters. The van der Waals surface area contributed by atoms with Crippen LogP contribution in [0.2, 0.25) is 0 Å². The molecule has 0 unspecified atom stereocenters. The topological polar surface area (TPSA) is 59.5 Å². The van der Waals surface area contributed by atoms with Gasteiger partial charge >= 0.3 is 0 Å². The van der Waals surface area contributed by atoms with Crippen LogP contribution < -0.4 is 10.6 Å². The number of aryl methyl sites for hydroxylation is 1. The molecule has 0 bridgehead atoms. The van der Waals surface area contributed by atoms with Gasteiger partial charge in [-0.2, -0.15) is 0 Å². The van der Waals surface area contributed by atoms with Crippen LogP contribution in [0.15, 0.2) is 65.3 Å². The van der Waals surface area contributed by atoms with E-state index in [1.165, 1.54) is 0 Å². The highest BCUT2D eigenvalue weighted by Gasteiger charge is 2.18. The number of carbonyl (C=O) groups excluding carboxylic acids is 1. The molecule has 0 saturated heterocycles. The molecule has 0 radical (unpaired) electrons. The molecule has 1 aromatic heterocycles. The van der Waals surface area contributed by atoms with Crippen LogP contribution in [0, 0.1) is 6.92 Å². The fourth-order valence-corrected chi connectivity index (χ4v) is 2.77. The van der Waals surface area contributed by atoms with E-state index in [1.54, 1.807) is 18.2 Å². The van der Waals surface area contributed by atoms with Gasteiger partial charge in [-0.05, 0) is 54.4 Å². The van der Waals surface area contributed by atoms with Gasteiger partial charge in [0.15, 0.2) is 0 Å². The third kappa shape index (κ3) is 2.96. The molecule has 0 saturated carbocycles. The number of hydrogen-bond acceptors (Lipinski definition) is 3. The first-order chi connectivity index (χ1) is 11.6. The molecular weight excluding hydrogens is 300 g/mol. The minimum absolute atomic E-state index is 0.0688. The fraction of sp³-hybridized carbons (Fsp3) is 0.150. The number of rotatable bonds is 4. The summed E-state index contributed by atoms with van der Waals surface area (Å²) in [5.41, 5.74) is 10.1. The molecule has 0 aliphatic rings. The quantitative estimate of drug-likeness (QED) is 0.790. The Morgan fingerprint density at radius 3 is 2.58 bits per heavy atom. The Morgan fingerprint density at radius 1 is 1.12 bits per heavy atom. The summed E-state index contributed by atoms with van der Waals surface area (Å²) in [5, 5.41) is 0. The smallest absolute Gasteiger partial charge is 0.258 e. The molecule has 3 rings (SSSR count). The molecule has 2 aromatic carbocycles. The summed E-state index contributed by atoms with van der Waals surface area (Å²) in [7, 11) is 1.77. The van der Waals surface area contributed by atoms with Crippen LogP contribution in [0.1, 0.15) is 21.5 Å². The van der Waals surface area contributed by atoms with E-state index in [2.05, 4.69) is 0 Å². The maximum Gasteiger partial charge on any atom is 0.258 e. The van der Waals surface area contributed by atoms with Crippen LogP contribution in [0.5, 0.6) is 0 Å². The van der Waals surface area contributed by atoms with Gasteiger partial charge in [-0.3, -0.25) is 4.79 Å². The second-order valence-electron chi connectivity index (χ2n) is 5.70. The standard InChI is InChI=1S/C20H20N2O2/c1-14-12-15(9-10-16(14)13-21)20(23)22(2)18-7-4-3-6-17(18)19-8-5-11-24-19/h3-12H,13,21H2,1-2H3. The number of amides is 1. The van der Waals surface area contributed by atoms with Gasteiger partial charge in [0.1, 0.15) is 5.76 Å². The van der Waals surface area contributed by atoms with E-state index in [-0.39, 0.29) is 5.91 Å². The number of nitrogens with two attached hydrogens (primary N) is 1. The Morgan fingerprint density at radius 2 is 1.92 bits per heavy atom. The van der Waals surface area contributed by atoms with Gasteiger partial charge in [0, 0.05) is 24.7 Å². The van der Waals surface area contributed by atoms with Gasteiger partial charge < -0.3 is 15.1 Å². The predicted molar refractivity (Wildman–Crippen MR) is 95.9 cm³/mol. The van der Waals surface area contributed by atoms with Crippen molar-refractivity contribution in [3.8, 4) is 11.3 Å². The van der Waals surface area contributed by atoms with Crippen molar-refractivity contribution >= 4 is 11.6 Å². The molecule has 0 aliphatic heterocycles. The number of hydrogen-bond donors (Lipinski definition) is 1. The summed E-state index contributed by atoms with van der Waals surface area (Å²) in [5.74, 6) is 0.667. The zero-order valence-electron chi connectivity index (χ0n) is 13.8. The normalized spacial score (nSPS) is 10.6. The van der Waals surface area contributed by atoms with Gasteiger partial charge in [0.25, 0.3) is 5.91 Å². The Kier molecular flexibility index (Phi) is 4.49. The Bertz CT molecular complexity index is 854. The number of anilines is 1. The highest BCUT2D eigenvalue weighted by Crippen LogP contribution is 2.31. The molecule has 4 heteroatoms. The zero-order valence-corrected chi connectivity index (χ0v) is 13.8. The summed E-state index contributed by atoms with van der Waals surface area (Å²) in [4.78, 5) is 14.5. The second kappa shape index (κ2) is 6.72. The maximum atomic E-state index is 12.9. The fourth-order valence-electron chi connectivity index (χ4n) is 2.77. The minimum atomic E-state index is -0.0688. The molecule has 0 aliphatic carbocycles. The Balaban J connectivity index is 1.96. The van der Waals surface area contributed by atoms with Crippen LogP contribution >= 0.6 is 0 Å². The second-order valence-corrected chi connectivity index (χ2v) is 5.70. The number of nitrogens with zero attached hydrogens (tertiary/aromatic N) is 1. The van der Waals surface area contributed by atoms with Crippen LogP contribution in [-0.2, 0) is 6.54 Å². The van der Waals surface area contributed by atoms with Crippen molar-refractivity contribution in [3.05, 3.63) is 77.6 Å². The number of para-hydroxylation sites is 1. The summed E-state index contributed by atoms with van der Waals surface area (Å²) < 4.78 is 5.49. The lowest BCUT2D eigenvalue weighted by Crippen LogP contribution is -2.26. The predicted octanol–water partition coefficient (Wildman–Crippen LogP) is 3.99. The average Bonchev–Trinajstić information content (AvgIpc) is 3.15. The molecule has 0 fully saturated rings. The van der Waals surface area contributed by atoms with Gasteiger partial charge in [-0.15, -0.1) is 0 Å². The Labute approximate surface area is 141 Å². The molecule has 0 spiro atoms. The van der Waals surface area contributed by atoms with Crippen molar-refractivity contribution < 1.29 is 9.21 Å². The lowest BCUT2D eigenvalue weighted by atomic mass is 10.0. The summed E-state index contributed by atoms with van der Waals surface area (Å²) in [6, 6.07) is 17.0. The molecule has 1 amide bonds. The van der Waals surface area contributed by atoms with Gasteiger partial charge in [0.2, 0.25) is 0 Å². The minimum Gasteiger partial charge on any atom is -0.464 e. The highest BCUT2D eigenvalue weighted by molar-refractivity contribution is 6.07. The largest absolute Gasteiger partial charge is 0.464 e. The molecule has 122 valence electrons. The third-order valence-corrected chi connectivity index (χ3v) is 4.17. The van der Waals surface area contributed by atoms with Crippen LogP contribution in [-0.4, -0.2) is 13.0 Å². The lowest BCUT2D eigenvalue weighted by Gasteiger charge is -2.20. The summed E-state index contributed by atoms with van der Waals surface area (Å²) >= 11 is 0. The van der Waals surface area contributed by atoms with E-state index in [0.29, 0.717) is 12.1 Å². The number of benzene rings is 2. The third-order valence-electron chi connectivity index (χ3n) is 4.17. The van der Waals surface area contributed by atoms with Crippen molar-refractivity contribution in [1.29, 1.82) is 0 Å². The van der Waals surface area contributed by atoms with Crippen molar-refractivity contribution in [2.45, 2.75) is 13.5 Å². The van der Waals surface area contributed by atoms with E-state index < -0.39 is 0 Å².